The molecule has 22 heteroatoms. The predicted octanol–water partition coefficient (Wildman–Crippen LogP) is 5.39. The molecule has 0 fully saturated rings. The predicted molar refractivity (Wildman–Crippen MR) is 74.2 cm³/mol. The van der Waals surface area contributed by atoms with Gasteiger partial charge in [0.15, 0.2) is 0 Å². The van der Waals surface area contributed by atoms with E-state index in [0.717, 1.165) is 0 Å². The summed E-state index contributed by atoms with van der Waals surface area (Å²) in [5, 5.41) is 17.1. The van der Waals surface area contributed by atoms with Crippen LogP contribution in [0.4, 0.5) is 83.4 Å². The summed E-state index contributed by atoms with van der Waals surface area (Å²) in [5.74, 6) is -50.2. The third-order valence-electron chi connectivity index (χ3n) is 4.33. The van der Waals surface area contributed by atoms with Crippen LogP contribution in [0.15, 0.2) is 0 Å². The first-order valence-electron chi connectivity index (χ1n) is 8.41. The summed E-state index contributed by atoms with van der Waals surface area (Å²) in [6.07, 6.45) is -21.4. The normalized spacial score (nSPS) is 16.9. The maximum absolute atomic E-state index is 13.6. The molecule has 0 aliphatic carbocycles. The Labute approximate surface area is 185 Å². The van der Waals surface area contributed by atoms with Gasteiger partial charge in [0.05, 0.1) is 19.8 Å². The Morgan fingerprint density at radius 2 is 0.861 bits per heavy atom. The van der Waals surface area contributed by atoms with Gasteiger partial charge in [-0.15, -0.1) is 0 Å². The van der Waals surface area contributed by atoms with Crippen molar-refractivity contribution in [1.29, 1.82) is 0 Å². The van der Waals surface area contributed by atoms with Gasteiger partial charge in [-0.05, 0) is 0 Å². The van der Waals surface area contributed by atoms with Crippen LogP contribution in [0.5, 0.6) is 0 Å². The lowest BCUT2D eigenvalue weighted by atomic mass is 9.83. The first-order valence-corrected chi connectivity index (χ1v) is 8.41. The molecule has 2 N–H and O–H groups in total. The van der Waals surface area contributed by atoms with Gasteiger partial charge in [0, 0.05) is 6.42 Å². The second-order valence-corrected chi connectivity index (χ2v) is 6.89. The lowest BCUT2D eigenvalue weighted by Crippen LogP contribution is -2.77. The highest BCUT2D eigenvalue weighted by Crippen LogP contribution is 2.66. The number of aliphatic hydroxyl groups excluding tert-OH is 2. The molecule has 0 saturated heterocycles. The molecule has 1 atom stereocenters. The number of alkyl halides is 19. The van der Waals surface area contributed by atoms with Crippen LogP contribution >= 0.6 is 0 Å². The summed E-state index contributed by atoms with van der Waals surface area (Å²) in [7, 11) is 0. The van der Waals surface area contributed by atoms with Crippen molar-refractivity contribution in [3.8, 4) is 0 Å². The van der Waals surface area contributed by atoms with Crippen LogP contribution in [0.1, 0.15) is 6.42 Å². The molecule has 0 rings (SSSR count). The molecule has 218 valence electrons. The highest BCUT2D eigenvalue weighted by atomic mass is 19.4. The minimum Gasteiger partial charge on any atom is -0.394 e. The molecule has 0 aliphatic heterocycles. The lowest BCUT2D eigenvalue weighted by molar-refractivity contribution is -0.472. The molecule has 0 aromatic heterocycles. The Balaban J connectivity index is 6.59. The monoisotopic (exact) mass is 588 g/mol. The van der Waals surface area contributed by atoms with Crippen LogP contribution in [0.2, 0.25) is 0 Å². The maximum Gasteiger partial charge on any atom is 0.438 e. The van der Waals surface area contributed by atoms with E-state index in [0.29, 0.717) is 0 Å². The Hall–Kier alpha value is -1.45. The summed E-state index contributed by atoms with van der Waals surface area (Å²) in [4.78, 5) is 0. The van der Waals surface area contributed by atoms with Gasteiger partial charge >= 0.3 is 53.6 Å². The summed E-state index contributed by atoms with van der Waals surface area (Å²) < 4.78 is 254. The zero-order chi connectivity index (χ0) is 29.6. The van der Waals surface area contributed by atoms with Crippen molar-refractivity contribution in [2.24, 2.45) is 0 Å². The number of aliphatic hydroxyl groups is 2. The van der Waals surface area contributed by atoms with Crippen molar-refractivity contribution in [2.75, 3.05) is 19.8 Å². The Bertz CT molecular complexity index is 727. The van der Waals surface area contributed by atoms with Crippen molar-refractivity contribution in [1.82, 2.24) is 0 Å². The van der Waals surface area contributed by atoms with E-state index in [-0.39, 0.29) is 0 Å². The van der Waals surface area contributed by atoms with E-state index in [2.05, 4.69) is 4.74 Å². The zero-order valence-corrected chi connectivity index (χ0v) is 16.4. The number of hydrogen-bond donors (Lipinski definition) is 2. The summed E-state index contributed by atoms with van der Waals surface area (Å²) in [6.45, 7) is -4.29. The van der Waals surface area contributed by atoms with E-state index in [4.69, 9.17) is 10.2 Å². The number of halogens is 19. The lowest BCUT2D eigenvalue weighted by Gasteiger charge is -2.45. The third-order valence-corrected chi connectivity index (χ3v) is 4.33. The second-order valence-electron chi connectivity index (χ2n) is 6.89. The molecule has 0 aliphatic rings. The molecule has 0 bridgehead atoms. The average Bonchev–Trinajstić information content (AvgIpc) is 2.67. The first-order chi connectivity index (χ1) is 15.5. The van der Waals surface area contributed by atoms with Crippen LogP contribution in [-0.4, -0.2) is 89.7 Å². The second kappa shape index (κ2) is 9.70. The molecule has 36 heavy (non-hydrogen) atoms. The Morgan fingerprint density at radius 1 is 0.528 bits per heavy atom. The quantitative estimate of drug-likeness (QED) is 0.238. The summed E-state index contributed by atoms with van der Waals surface area (Å²) in [6, 6.07) is 0. The SMILES string of the molecule is OCC(O)COCCC(F)(F)C(F)(F)C(F)(F)C(F)(F)C(F)(F)C(F)(F)C(F)(C(F)(F)F)C(F)(F)F. The minimum absolute atomic E-state index is 1.16. The smallest absolute Gasteiger partial charge is 0.394 e. The molecule has 3 nitrogen and oxygen atoms in total. The van der Waals surface area contributed by atoms with Crippen LogP contribution in [0, 0.1) is 0 Å². The minimum atomic E-state index is -9.05. The van der Waals surface area contributed by atoms with Crippen molar-refractivity contribution >= 4 is 0 Å². The van der Waals surface area contributed by atoms with Gasteiger partial charge in [0.2, 0.25) is 0 Å². The van der Waals surface area contributed by atoms with Gasteiger partial charge in [-0.2, -0.15) is 79.0 Å². The Morgan fingerprint density at radius 3 is 1.19 bits per heavy atom. The van der Waals surface area contributed by atoms with Crippen molar-refractivity contribution in [2.45, 2.75) is 66.1 Å². The standard InChI is InChI=1S/C14H11F19O3/c15-6(16,1-2-36-4-5(35)3-34)8(18,19)10(22,23)12(26,27)11(24,25)9(20,21)7(17,13(28,29)30)14(31,32)33/h5,34-35H,1-4H2. The van der Waals surface area contributed by atoms with Crippen molar-refractivity contribution in [3.63, 3.8) is 0 Å². The number of rotatable bonds is 12. The molecule has 0 aromatic rings. The molecule has 0 saturated carbocycles. The van der Waals surface area contributed by atoms with Gasteiger partial charge in [-0.1, -0.05) is 0 Å². The first kappa shape index (κ1) is 34.6. The molecular formula is C14H11F19O3. The largest absolute Gasteiger partial charge is 0.438 e. The van der Waals surface area contributed by atoms with Crippen LogP contribution in [0.3, 0.4) is 0 Å². The summed E-state index contributed by atoms with van der Waals surface area (Å²) >= 11 is 0. The Kier molecular flexibility index (Phi) is 9.30. The van der Waals surface area contributed by atoms with Gasteiger partial charge in [0.25, 0.3) is 0 Å². The number of ether oxygens (including phenoxy) is 1. The van der Waals surface area contributed by atoms with Crippen molar-refractivity contribution < 1.29 is 98.4 Å². The maximum atomic E-state index is 13.6. The van der Waals surface area contributed by atoms with Crippen molar-refractivity contribution in [3.05, 3.63) is 0 Å². The van der Waals surface area contributed by atoms with E-state index in [1.54, 1.807) is 0 Å². The van der Waals surface area contributed by atoms with Crippen LogP contribution in [-0.2, 0) is 4.74 Å². The van der Waals surface area contributed by atoms with E-state index < -0.39 is 85.9 Å². The zero-order valence-electron chi connectivity index (χ0n) is 16.4. The highest BCUT2D eigenvalue weighted by molar-refractivity contribution is 5.19. The molecule has 0 amide bonds. The van der Waals surface area contributed by atoms with Gasteiger partial charge < -0.3 is 14.9 Å². The highest BCUT2D eigenvalue weighted by Gasteiger charge is 2.98. The van der Waals surface area contributed by atoms with Crippen LogP contribution < -0.4 is 0 Å². The number of hydrogen-bond acceptors (Lipinski definition) is 3. The topological polar surface area (TPSA) is 49.7 Å². The average molecular weight is 588 g/mol. The van der Waals surface area contributed by atoms with Crippen LogP contribution in [0.25, 0.3) is 0 Å². The van der Waals surface area contributed by atoms with Gasteiger partial charge in [-0.25, -0.2) is 4.39 Å². The van der Waals surface area contributed by atoms with E-state index >= 15 is 0 Å². The molecular weight excluding hydrogens is 577 g/mol. The fraction of sp³-hybridized carbons (Fsp3) is 1.00. The molecule has 0 heterocycles. The molecule has 1 unspecified atom stereocenters. The van der Waals surface area contributed by atoms with Gasteiger partial charge in [-0.3, -0.25) is 0 Å². The summed E-state index contributed by atoms with van der Waals surface area (Å²) in [5.41, 5.74) is -8.77. The molecule has 0 aromatic carbocycles. The van der Waals surface area contributed by atoms with Gasteiger partial charge in [0.1, 0.15) is 6.10 Å². The van der Waals surface area contributed by atoms with E-state index in [1.165, 1.54) is 0 Å². The fourth-order valence-electron chi connectivity index (χ4n) is 2.18. The molecule has 0 spiro atoms. The fourth-order valence-corrected chi connectivity index (χ4v) is 2.18. The molecule has 0 radical (unpaired) electrons. The van der Waals surface area contributed by atoms with E-state index in [9.17, 15) is 83.4 Å². The third kappa shape index (κ3) is 4.99. The van der Waals surface area contributed by atoms with E-state index in [1.807, 2.05) is 0 Å².